The van der Waals surface area contributed by atoms with Gasteiger partial charge in [0, 0.05) is 37.3 Å². The van der Waals surface area contributed by atoms with Crippen molar-refractivity contribution in [3.8, 4) is 5.75 Å². The molecule has 1 saturated heterocycles. The first kappa shape index (κ1) is 27.2. The normalized spacial score (nSPS) is 13.5. The van der Waals surface area contributed by atoms with Crippen LogP contribution in [-0.2, 0) is 7.05 Å². The highest BCUT2D eigenvalue weighted by Gasteiger charge is 2.20. The smallest absolute Gasteiger partial charge is 0.326 e. The quantitative estimate of drug-likeness (QED) is 0.416. The molecule has 3 heterocycles. The number of carbonyl (C=O) groups excluding carboxylic acids is 2. The lowest BCUT2D eigenvalue weighted by Crippen LogP contribution is -2.35. The number of anilines is 2. The van der Waals surface area contributed by atoms with Gasteiger partial charge >= 0.3 is 6.03 Å². The zero-order chi connectivity index (χ0) is 24.9. The number of aromatic nitrogens is 3. The molecule has 0 spiro atoms. The average Bonchev–Trinajstić information content (AvgIpc) is 3.40. The van der Waals surface area contributed by atoms with Gasteiger partial charge in [-0.15, -0.1) is 12.4 Å². The Balaban J connectivity index is 0.00000361. The van der Waals surface area contributed by atoms with Crippen molar-refractivity contribution < 1.29 is 14.3 Å². The zero-order valence-corrected chi connectivity index (χ0v) is 21.9. The summed E-state index contributed by atoms with van der Waals surface area (Å²) in [4.78, 5) is 32.8. The summed E-state index contributed by atoms with van der Waals surface area (Å²) in [5.74, 6) is 0.519. The molecular formula is C25H34ClN7O3. The van der Waals surface area contributed by atoms with Gasteiger partial charge in [-0.2, -0.15) is 5.10 Å². The third-order valence-corrected chi connectivity index (χ3v) is 5.85. The minimum absolute atomic E-state index is 0. The molecule has 3 amide bonds. The molecule has 3 aromatic rings. The molecule has 0 radical (unpaired) electrons. The van der Waals surface area contributed by atoms with E-state index in [0.29, 0.717) is 35.0 Å². The third-order valence-electron chi connectivity index (χ3n) is 5.85. The van der Waals surface area contributed by atoms with Crippen molar-refractivity contribution in [3.63, 3.8) is 0 Å². The van der Waals surface area contributed by atoms with Crippen molar-refractivity contribution in [1.82, 2.24) is 25.0 Å². The lowest BCUT2D eigenvalue weighted by molar-refractivity contribution is 0.0967. The SMILES string of the molecule is Cc1nn(C)c2nc(NCCN3CCCC3)c(C(=O)NC(=O)Nc3cccc(OC(C)C)c3)cc12.Cl. The van der Waals surface area contributed by atoms with Gasteiger partial charge in [0.05, 0.1) is 17.4 Å². The van der Waals surface area contributed by atoms with Crippen LogP contribution in [-0.4, -0.2) is 63.9 Å². The van der Waals surface area contributed by atoms with Crippen LogP contribution in [0.1, 0.15) is 42.7 Å². The Labute approximate surface area is 217 Å². The van der Waals surface area contributed by atoms with Gasteiger partial charge in [-0.1, -0.05) is 6.07 Å². The summed E-state index contributed by atoms with van der Waals surface area (Å²) in [6.45, 7) is 9.40. The van der Waals surface area contributed by atoms with E-state index >= 15 is 0 Å². The number of nitrogens with zero attached hydrogens (tertiary/aromatic N) is 4. The van der Waals surface area contributed by atoms with Crippen molar-refractivity contribution in [2.75, 3.05) is 36.8 Å². The van der Waals surface area contributed by atoms with Crippen LogP contribution in [0.25, 0.3) is 11.0 Å². The number of benzene rings is 1. The largest absolute Gasteiger partial charge is 0.491 e. The summed E-state index contributed by atoms with van der Waals surface area (Å²) in [7, 11) is 1.82. The average molecular weight is 516 g/mol. The van der Waals surface area contributed by atoms with Gasteiger partial charge in [-0.05, 0) is 64.9 Å². The summed E-state index contributed by atoms with van der Waals surface area (Å²) in [6.07, 6.45) is 2.44. The van der Waals surface area contributed by atoms with Gasteiger partial charge in [0.2, 0.25) is 0 Å². The molecule has 0 aliphatic carbocycles. The van der Waals surface area contributed by atoms with Crippen LogP contribution in [0.3, 0.4) is 0 Å². The molecule has 1 aliphatic heterocycles. The van der Waals surface area contributed by atoms with Gasteiger partial charge < -0.3 is 20.3 Å². The number of likely N-dealkylation sites (tertiary alicyclic amines) is 1. The second-order valence-corrected chi connectivity index (χ2v) is 9.04. The van der Waals surface area contributed by atoms with E-state index in [1.54, 1.807) is 28.9 Å². The van der Waals surface area contributed by atoms with Crippen LogP contribution < -0.4 is 20.7 Å². The molecule has 0 saturated carbocycles. The summed E-state index contributed by atoms with van der Waals surface area (Å²) in [6, 6.07) is 8.13. The number of amides is 3. The maximum atomic E-state index is 13.1. The molecule has 0 atom stereocenters. The summed E-state index contributed by atoms with van der Waals surface area (Å²) >= 11 is 0. The molecule has 10 nitrogen and oxygen atoms in total. The number of aryl methyl sites for hydroxylation is 2. The Morgan fingerprint density at radius 2 is 1.92 bits per heavy atom. The Hall–Kier alpha value is -3.37. The zero-order valence-electron chi connectivity index (χ0n) is 21.1. The molecule has 11 heteroatoms. The number of urea groups is 1. The number of pyridine rings is 1. The number of carbonyl (C=O) groups is 2. The first-order valence-corrected chi connectivity index (χ1v) is 12.0. The first-order valence-electron chi connectivity index (χ1n) is 12.0. The number of nitrogens with one attached hydrogen (secondary N) is 3. The Bertz CT molecular complexity index is 1220. The van der Waals surface area contributed by atoms with Crippen molar-refractivity contribution in [2.45, 2.75) is 39.7 Å². The predicted molar refractivity (Wildman–Crippen MR) is 143 cm³/mol. The van der Waals surface area contributed by atoms with E-state index < -0.39 is 11.9 Å². The van der Waals surface area contributed by atoms with E-state index in [2.05, 4.69) is 30.9 Å². The van der Waals surface area contributed by atoms with E-state index in [9.17, 15) is 9.59 Å². The fourth-order valence-corrected chi connectivity index (χ4v) is 4.24. The number of fused-ring (bicyclic) bond motifs is 1. The fraction of sp³-hybridized carbons (Fsp3) is 0.440. The van der Waals surface area contributed by atoms with Crippen molar-refractivity contribution in [2.24, 2.45) is 7.05 Å². The van der Waals surface area contributed by atoms with Gasteiger partial charge in [-0.3, -0.25) is 14.8 Å². The van der Waals surface area contributed by atoms with Gasteiger partial charge in [0.15, 0.2) is 5.65 Å². The monoisotopic (exact) mass is 515 g/mol. The maximum absolute atomic E-state index is 13.1. The Morgan fingerprint density at radius 3 is 2.64 bits per heavy atom. The Morgan fingerprint density at radius 1 is 1.17 bits per heavy atom. The van der Waals surface area contributed by atoms with E-state index in [4.69, 9.17) is 4.74 Å². The number of rotatable bonds is 8. The molecule has 0 unspecified atom stereocenters. The van der Waals surface area contributed by atoms with E-state index in [-0.39, 0.29) is 18.5 Å². The number of imide groups is 1. The molecule has 1 aromatic carbocycles. The lowest BCUT2D eigenvalue weighted by Gasteiger charge is -2.16. The highest BCUT2D eigenvalue weighted by molar-refractivity contribution is 6.11. The van der Waals surface area contributed by atoms with Gasteiger partial charge in [0.25, 0.3) is 5.91 Å². The van der Waals surface area contributed by atoms with Crippen LogP contribution in [0.2, 0.25) is 0 Å². The highest BCUT2D eigenvalue weighted by Crippen LogP contribution is 2.23. The topological polar surface area (TPSA) is 113 Å². The number of hydrogen-bond acceptors (Lipinski definition) is 7. The maximum Gasteiger partial charge on any atom is 0.326 e. The van der Waals surface area contributed by atoms with Gasteiger partial charge in [-0.25, -0.2) is 9.78 Å². The second kappa shape index (κ2) is 12.0. The minimum atomic E-state index is -0.636. The molecule has 3 N–H and O–H groups in total. The van der Waals surface area contributed by atoms with Crippen LogP contribution >= 0.6 is 12.4 Å². The van der Waals surface area contributed by atoms with Crippen LogP contribution in [0.15, 0.2) is 30.3 Å². The number of hydrogen-bond donors (Lipinski definition) is 3. The predicted octanol–water partition coefficient (Wildman–Crippen LogP) is 3.96. The van der Waals surface area contributed by atoms with Crippen LogP contribution in [0.5, 0.6) is 5.75 Å². The highest BCUT2D eigenvalue weighted by atomic mass is 35.5. The molecule has 36 heavy (non-hydrogen) atoms. The second-order valence-electron chi connectivity index (χ2n) is 9.04. The Kier molecular flexibility index (Phi) is 9.11. The van der Waals surface area contributed by atoms with Crippen molar-refractivity contribution in [1.29, 1.82) is 0 Å². The molecule has 194 valence electrons. The summed E-state index contributed by atoms with van der Waals surface area (Å²) in [5, 5.41) is 13.6. The van der Waals surface area contributed by atoms with E-state index in [1.807, 2.05) is 33.9 Å². The fourth-order valence-electron chi connectivity index (χ4n) is 4.24. The third kappa shape index (κ3) is 6.64. The van der Waals surface area contributed by atoms with E-state index in [0.717, 1.165) is 30.7 Å². The number of halogens is 1. The lowest BCUT2D eigenvalue weighted by atomic mass is 10.1. The molecular weight excluding hydrogens is 482 g/mol. The summed E-state index contributed by atoms with van der Waals surface area (Å²) in [5.41, 5.74) is 2.25. The van der Waals surface area contributed by atoms with E-state index in [1.165, 1.54) is 12.8 Å². The summed E-state index contributed by atoms with van der Waals surface area (Å²) < 4.78 is 7.36. The molecule has 2 aromatic heterocycles. The van der Waals surface area contributed by atoms with Crippen LogP contribution in [0, 0.1) is 6.92 Å². The molecule has 1 fully saturated rings. The van der Waals surface area contributed by atoms with Crippen molar-refractivity contribution >= 4 is 46.9 Å². The number of ether oxygens (including phenoxy) is 1. The van der Waals surface area contributed by atoms with Crippen LogP contribution in [0.4, 0.5) is 16.3 Å². The van der Waals surface area contributed by atoms with Gasteiger partial charge in [0.1, 0.15) is 11.6 Å². The molecule has 1 aliphatic rings. The minimum Gasteiger partial charge on any atom is -0.491 e. The first-order chi connectivity index (χ1) is 16.8. The van der Waals surface area contributed by atoms with Crippen molar-refractivity contribution in [3.05, 3.63) is 41.6 Å². The standard InChI is InChI=1S/C25H33N7O3.ClH/c1-16(2)35-19-9-7-8-18(14-19)27-25(34)29-24(33)21-15-20-17(3)30-31(4)23(20)28-22(21)26-10-13-32-11-5-6-12-32;/h7-9,14-16H,5-6,10-13H2,1-4H3,(H,26,28)(H2,27,29,33,34);1H. The molecule has 0 bridgehead atoms. The molecule has 4 rings (SSSR count).